The lowest BCUT2D eigenvalue weighted by atomic mass is 10.3. The highest BCUT2D eigenvalue weighted by Crippen LogP contribution is 1.97. The number of aryl methyl sites for hydroxylation is 1. The van der Waals surface area contributed by atoms with Crippen LogP contribution in [0.3, 0.4) is 0 Å². The molecule has 22 heavy (non-hydrogen) atoms. The Morgan fingerprint density at radius 2 is 2.14 bits per heavy atom. The third-order valence-electron chi connectivity index (χ3n) is 3.28. The van der Waals surface area contributed by atoms with Crippen LogP contribution in [0.4, 0.5) is 0 Å². The number of guanidine groups is 1. The van der Waals surface area contributed by atoms with Gasteiger partial charge in [-0.05, 0) is 32.5 Å². The number of nitrogens with zero attached hydrogens (tertiary/aromatic N) is 3. The van der Waals surface area contributed by atoms with Gasteiger partial charge in [-0.3, -0.25) is 9.98 Å². The normalized spacial score (nSPS) is 11.8. The quantitative estimate of drug-likeness (QED) is 0.405. The Bertz CT molecular complexity index is 450. The zero-order chi connectivity index (χ0) is 16.2. The second kappa shape index (κ2) is 11.0. The van der Waals surface area contributed by atoms with Crippen LogP contribution in [0.5, 0.6) is 0 Å². The van der Waals surface area contributed by atoms with E-state index in [-0.39, 0.29) is 0 Å². The van der Waals surface area contributed by atoms with Gasteiger partial charge in [-0.15, -0.1) is 0 Å². The third-order valence-corrected chi connectivity index (χ3v) is 3.28. The van der Waals surface area contributed by atoms with Gasteiger partial charge in [0.05, 0.1) is 12.2 Å². The van der Waals surface area contributed by atoms with E-state index in [0.717, 1.165) is 50.0 Å². The Morgan fingerprint density at radius 1 is 1.32 bits per heavy atom. The van der Waals surface area contributed by atoms with Crippen LogP contribution >= 0.6 is 0 Å². The van der Waals surface area contributed by atoms with Crippen LogP contribution in [0.25, 0.3) is 0 Å². The smallest absolute Gasteiger partial charge is 0.191 e. The number of rotatable bonds is 9. The number of methoxy groups -OCH3 is 1. The highest BCUT2D eigenvalue weighted by atomic mass is 16.5. The summed E-state index contributed by atoms with van der Waals surface area (Å²) in [4.78, 5) is 11.0. The number of pyridine rings is 1. The van der Waals surface area contributed by atoms with Crippen LogP contribution in [-0.2, 0) is 11.3 Å². The molecule has 1 aromatic heterocycles. The minimum Gasteiger partial charge on any atom is -0.385 e. The second-order valence-corrected chi connectivity index (χ2v) is 5.27. The Hall–Kier alpha value is -1.66. The number of aromatic nitrogens is 1. The van der Waals surface area contributed by atoms with E-state index in [1.165, 1.54) is 0 Å². The van der Waals surface area contributed by atoms with Crippen molar-refractivity contribution in [1.82, 2.24) is 20.5 Å². The van der Waals surface area contributed by atoms with E-state index in [0.29, 0.717) is 6.54 Å². The average molecular weight is 307 g/mol. The van der Waals surface area contributed by atoms with Crippen molar-refractivity contribution in [3.05, 3.63) is 29.6 Å². The maximum Gasteiger partial charge on any atom is 0.191 e. The highest BCUT2D eigenvalue weighted by Gasteiger charge is 2.01. The molecule has 0 saturated carbocycles. The van der Waals surface area contributed by atoms with Crippen molar-refractivity contribution in [3.63, 3.8) is 0 Å². The van der Waals surface area contributed by atoms with Gasteiger partial charge in [-0.2, -0.15) is 0 Å². The predicted molar refractivity (Wildman–Crippen MR) is 91.2 cm³/mol. The van der Waals surface area contributed by atoms with E-state index >= 15 is 0 Å². The summed E-state index contributed by atoms with van der Waals surface area (Å²) >= 11 is 0. The standard InChI is InChI=1S/C16H29N5O/c1-14-7-5-8-15(20-14)13-19-16(17-2)18-9-11-21(3)10-6-12-22-4/h5,7-8H,6,9-13H2,1-4H3,(H2,17,18,19). The SMILES string of the molecule is CN=C(NCCN(C)CCCOC)NCc1cccc(C)n1. The van der Waals surface area contributed by atoms with E-state index in [1.807, 2.05) is 25.1 Å². The van der Waals surface area contributed by atoms with Crippen molar-refractivity contribution in [3.8, 4) is 0 Å². The van der Waals surface area contributed by atoms with Gasteiger partial charge in [0.2, 0.25) is 0 Å². The van der Waals surface area contributed by atoms with E-state index < -0.39 is 0 Å². The number of ether oxygens (including phenoxy) is 1. The zero-order valence-electron chi connectivity index (χ0n) is 14.2. The van der Waals surface area contributed by atoms with Crippen LogP contribution in [0.1, 0.15) is 17.8 Å². The van der Waals surface area contributed by atoms with Gasteiger partial charge >= 0.3 is 0 Å². The first-order chi connectivity index (χ1) is 10.7. The van der Waals surface area contributed by atoms with E-state index in [2.05, 4.69) is 32.6 Å². The van der Waals surface area contributed by atoms with Gasteiger partial charge in [-0.25, -0.2) is 0 Å². The largest absolute Gasteiger partial charge is 0.385 e. The summed E-state index contributed by atoms with van der Waals surface area (Å²) in [5, 5.41) is 6.59. The van der Waals surface area contributed by atoms with Gasteiger partial charge in [0, 0.05) is 46.1 Å². The molecule has 0 fully saturated rings. The molecule has 1 heterocycles. The summed E-state index contributed by atoms with van der Waals surface area (Å²) in [7, 11) is 5.63. The molecule has 0 atom stereocenters. The Labute approximate surface area is 134 Å². The fourth-order valence-electron chi connectivity index (χ4n) is 2.05. The molecule has 6 heteroatoms. The third kappa shape index (κ3) is 7.95. The van der Waals surface area contributed by atoms with E-state index in [9.17, 15) is 0 Å². The molecule has 0 spiro atoms. The first kappa shape index (κ1) is 18.4. The zero-order valence-corrected chi connectivity index (χ0v) is 14.2. The van der Waals surface area contributed by atoms with Crippen LogP contribution < -0.4 is 10.6 Å². The average Bonchev–Trinajstić information content (AvgIpc) is 2.51. The van der Waals surface area contributed by atoms with Crippen molar-refractivity contribution < 1.29 is 4.74 Å². The van der Waals surface area contributed by atoms with Crippen molar-refractivity contribution >= 4 is 5.96 Å². The second-order valence-electron chi connectivity index (χ2n) is 5.27. The predicted octanol–water partition coefficient (Wildman–Crippen LogP) is 1.02. The monoisotopic (exact) mass is 307 g/mol. The summed E-state index contributed by atoms with van der Waals surface area (Å²) in [5.74, 6) is 0.800. The molecule has 0 aliphatic carbocycles. The number of likely N-dealkylation sites (N-methyl/N-ethyl adjacent to an activating group) is 1. The molecule has 1 rings (SSSR count). The fraction of sp³-hybridized carbons (Fsp3) is 0.625. The summed E-state index contributed by atoms with van der Waals surface area (Å²) < 4.78 is 5.06. The number of nitrogens with one attached hydrogen (secondary N) is 2. The fourth-order valence-corrected chi connectivity index (χ4v) is 2.05. The van der Waals surface area contributed by atoms with Crippen molar-refractivity contribution in [2.75, 3.05) is 47.4 Å². The van der Waals surface area contributed by atoms with Crippen LogP contribution in [0.15, 0.2) is 23.2 Å². The summed E-state index contributed by atoms with van der Waals surface area (Å²) in [6.07, 6.45) is 1.05. The number of hydrogen-bond acceptors (Lipinski definition) is 4. The molecule has 0 saturated heterocycles. The first-order valence-electron chi connectivity index (χ1n) is 7.70. The van der Waals surface area contributed by atoms with Crippen LogP contribution in [0.2, 0.25) is 0 Å². The summed E-state index contributed by atoms with van der Waals surface area (Å²) in [6.45, 7) is 6.33. The summed E-state index contributed by atoms with van der Waals surface area (Å²) in [5.41, 5.74) is 2.04. The molecule has 124 valence electrons. The van der Waals surface area contributed by atoms with Gasteiger partial charge < -0.3 is 20.3 Å². The van der Waals surface area contributed by atoms with Crippen molar-refractivity contribution in [2.24, 2.45) is 4.99 Å². The Morgan fingerprint density at radius 3 is 2.82 bits per heavy atom. The molecule has 0 amide bonds. The lowest BCUT2D eigenvalue weighted by Crippen LogP contribution is -2.40. The summed E-state index contributed by atoms with van der Waals surface area (Å²) in [6, 6.07) is 6.03. The minimum atomic E-state index is 0.672. The molecule has 0 radical (unpaired) electrons. The lowest BCUT2D eigenvalue weighted by molar-refractivity contribution is 0.180. The molecule has 0 aliphatic heterocycles. The van der Waals surface area contributed by atoms with Crippen molar-refractivity contribution in [2.45, 2.75) is 19.9 Å². The van der Waals surface area contributed by atoms with Crippen LogP contribution in [0, 0.1) is 6.92 Å². The van der Waals surface area contributed by atoms with Crippen LogP contribution in [-0.4, -0.2) is 63.3 Å². The maximum atomic E-state index is 5.06. The molecule has 2 N–H and O–H groups in total. The highest BCUT2D eigenvalue weighted by molar-refractivity contribution is 5.79. The van der Waals surface area contributed by atoms with E-state index in [1.54, 1.807) is 14.2 Å². The van der Waals surface area contributed by atoms with Gasteiger partial charge in [0.1, 0.15) is 0 Å². The molecule has 0 unspecified atom stereocenters. The topological polar surface area (TPSA) is 61.8 Å². The molecule has 1 aromatic rings. The maximum absolute atomic E-state index is 5.06. The number of aliphatic imine (C=N–C) groups is 1. The Balaban J connectivity index is 2.22. The lowest BCUT2D eigenvalue weighted by Gasteiger charge is -2.18. The molecular weight excluding hydrogens is 278 g/mol. The van der Waals surface area contributed by atoms with Gasteiger partial charge in [0.15, 0.2) is 5.96 Å². The molecule has 0 aliphatic rings. The Kier molecular flexibility index (Phi) is 9.18. The first-order valence-corrected chi connectivity index (χ1v) is 7.70. The van der Waals surface area contributed by atoms with Gasteiger partial charge in [0.25, 0.3) is 0 Å². The number of hydrogen-bond donors (Lipinski definition) is 2. The van der Waals surface area contributed by atoms with Crippen molar-refractivity contribution in [1.29, 1.82) is 0 Å². The molecule has 0 aromatic carbocycles. The molecule has 6 nitrogen and oxygen atoms in total. The minimum absolute atomic E-state index is 0.672. The van der Waals surface area contributed by atoms with Gasteiger partial charge in [-0.1, -0.05) is 6.07 Å². The molecular formula is C16H29N5O. The molecule has 0 bridgehead atoms. The van der Waals surface area contributed by atoms with E-state index in [4.69, 9.17) is 4.74 Å².